The van der Waals surface area contributed by atoms with Crippen LogP contribution in [0.4, 0.5) is 5.69 Å². The van der Waals surface area contributed by atoms with E-state index in [0.717, 1.165) is 16.2 Å². The Kier molecular flexibility index (Phi) is 7.67. The zero-order valence-electron chi connectivity index (χ0n) is 15.7. The number of amides is 1. The van der Waals surface area contributed by atoms with Crippen LogP contribution in [0.25, 0.3) is 0 Å². The van der Waals surface area contributed by atoms with Gasteiger partial charge in [0.15, 0.2) is 0 Å². The number of nitrogens with zero attached hydrogens (tertiary/aromatic N) is 1. The average Bonchev–Trinajstić information content (AvgIpc) is 2.68. The number of hydrogen-bond donors (Lipinski definition) is 1. The largest absolute Gasteiger partial charge is 0.493 e. The van der Waals surface area contributed by atoms with Gasteiger partial charge in [-0.25, -0.2) is 0 Å². The second-order valence-electron chi connectivity index (χ2n) is 5.88. The molecule has 1 amide bonds. The Morgan fingerprint density at radius 1 is 1.15 bits per heavy atom. The molecule has 144 valence electrons. The second kappa shape index (κ2) is 9.97. The highest BCUT2D eigenvalue weighted by Gasteiger charge is 2.29. The Balaban J connectivity index is 0.000000596. The molecule has 7 heteroatoms. The molecule has 1 aliphatic rings. The van der Waals surface area contributed by atoms with Crippen molar-refractivity contribution in [3.05, 3.63) is 63.7 Å². The number of para-hydroxylation sites is 1. The number of nitro groups is 1. The van der Waals surface area contributed by atoms with E-state index in [9.17, 15) is 14.9 Å². The maximum absolute atomic E-state index is 12.3. The summed E-state index contributed by atoms with van der Waals surface area (Å²) in [5.41, 5.74) is 1.11. The zero-order chi connectivity index (χ0) is 19.8. The summed E-state index contributed by atoms with van der Waals surface area (Å²) in [6, 6.07) is 11.9. The van der Waals surface area contributed by atoms with Crippen LogP contribution in [-0.4, -0.2) is 17.4 Å². The minimum Gasteiger partial charge on any atom is -0.493 e. The van der Waals surface area contributed by atoms with Gasteiger partial charge in [0.25, 0.3) is 11.6 Å². The summed E-state index contributed by atoms with van der Waals surface area (Å²) in [5, 5.41) is 13.4. The maximum atomic E-state index is 12.3. The van der Waals surface area contributed by atoms with Gasteiger partial charge in [-0.3, -0.25) is 14.9 Å². The fourth-order valence-electron chi connectivity index (χ4n) is 2.39. The predicted octanol–water partition coefficient (Wildman–Crippen LogP) is 5.33. The molecule has 0 aliphatic carbocycles. The number of non-ortho nitro benzene ring substituents is 1. The van der Waals surface area contributed by atoms with Crippen LogP contribution in [0.15, 0.2) is 47.4 Å². The Hall–Kier alpha value is -2.54. The van der Waals surface area contributed by atoms with Crippen molar-refractivity contribution in [3.8, 4) is 5.75 Å². The molecule has 1 heterocycles. The molecule has 1 atom stereocenters. The third kappa shape index (κ3) is 5.23. The van der Waals surface area contributed by atoms with E-state index in [-0.39, 0.29) is 17.0 Å². The van der Waals surface area contributed by atoms with Crippen molar-refractivity contribution >= 4 is 23.4 Å². The molecule has 1 N–H and O–H groups in total. The first-order valence-corrected chi connectivity index (χ1v) is 9.87. The standard InChI is InChI=1S/C16H14N2O4S.C4H10/c1-2-22-13-6-4-3-5-11(13)16-17-15(19)12-9-10(18(20)21)7-8-14(12)23-16;1-3-4-2/h3-9,16H,2H2,1H3,(H,17,19);3-4H2,1-2H3. The SMILES string of the molecule is CCCC.CCOc1ccccc1C1NC(=O)c2cc([N+](=O)[O-])ccc2S1. The summed E-state index contributed by atoms with van der Waals surface area (Å²) < 4.78 is 5.61. The Bertz CT molecular complexity index is 808. The fourth-order valence-corrected chi connectivity index (χ4v) is 3.56. The van der Waals surface area contributed by atoms with E-state index in [1.54, 1.807) is 6.07 Å². The summed E-state index contributed by atoms with van der Waals surface area (Å²) in [5.74, 6) is 0.400. The average molecular weight is 388 g/mol. The van der Waals surface area contributed by atoms with Gasteiger partial charge in [0, 0.05) is 22.6 Å². The lowest BCUT2D eigenvalue weighted by molar-refractivity contribution is -0.384. The number of carbonyl (C=O) groups is 1. The number of nitrogens with one attached hydrogen (secondary N) is 1. The molecule has 0 bridgehead atoms. The summed E-state index contributed by atoms with van der Waals surface area (Å²) in [4.78, 5) is 23.4. The van der Waals surface area contributed by atoms with Gasteiger partial charge >= 0.3 is 0 Å². The van der Waals surface area contributed by atoms with Crippen LogP contribution in [0.3, 0.4) is 0 Å². The monoisotopic (exact) mass is 388 g/mol. The third-order valence-corrected chi connectivity index (χ3v) is 5.14. The van der Waals surface area contributed by atoms with Crippen LogP contribution in [0.5, 0.6) is 5.75 Å². The molecule has 0 aromatic heterocycles. The van der Waals surface area contributed by atoms with Gasteiger partial charge in [-0.1, -0.05) is 56.7 Å². The minimum absolute atomic E-state index is 0.0901. The number of fused-ring (bicyclic) bond motifs is 1. The van der Waals surface area contributed by atoms with E-state index in [0.29, 0.717) is 12.2 Å². The van der Waals surface area contributed by atoms with Crippen LogP contribution < -0.4 is 10.1 Å². The van der Waals surface area contributed by atoms with Crippen molar-refractivity contribution in [2.45, 2.75) is 43.9 Å². The number of benzene rings is 2. The molecule has 3 rings (SSSR count). The van der Waals surface area contributed by atoms with Crippen LogP contribution in [-0.2, 0) is 0 Å². The fraction of sp³-hybridized carbons (Fsp3) is 0.350. The van der Waals surface area contributed by atoms with Gasteiger partial charge < -0.3 is 10.1 Å². The van der Waals surface area contributed by atoms with Crippen molar-refractivity contribution < 1.29 is 14.5 Å². The summed E-state index contributed by atoms with van der Waals surface area (Å²) in [6.07, 6.45) is 2.64. The topological polar surface area (TPSA) is 81.5 Å². The summed E-state index contributed by atoms with van der Waals surface area (Å²) >= 11 is 1.44. The zero-order valence-corrected chi connectivity index (χ0v) is 16.5. The normalized spacial score (nSPS) is 15.1. The molecule has 27 heavy (non-hydrogen) atoms. The van der Waals surface area contributed by atoms with E-state index >= 15 is 0 Å². The van der Waals surface area contributed by atoms with Crippen molar-refractivity contribution in [1.82, 2.24) is 5.32 Å². The summed E-state index contributed by atoms with van der Waals surface area (Å²) in [7, 11) is 0. The first kappa shape index (κ1) is 20.8. The highest BCUT2D eigenvalue weighted by molar-refractivity contribution is 7.99. The van der Waals surface area contributed by atoms with Gasteiger partial charge in [0.2, 0.25) is 0 Å². The molecule has 2 aromatic carbocycles. The molecule has 1 unspecified atom stereocenters. The molecule has 0 spiro atoms. The van der Waals surface area contributed by atoms with Crippen LogP contribution in [0.2, 0.25) is 0 Å². The summed E-state index contributed by atoms with van der Waals surface area (Å²) in [6.45, 7) is 6.79. The number of nitro benzene ring substituents is 1. The van der Waals surface area contributed by atoms with E-state index in [2.05, 4.69) is 19.2 Å². The molecular weight excluding hydrogens is 364 g/mol. The van der Waals surface area contributed by atoms with Crippen molar-refractivity contribution in [2.75, 3.05) is 6.61 Å². The van der Waals surface area contributed by atoms with Crippen LogP contribution in [0.1, 0.15) is 54.9 Å². The molecule has 1 aliphatic heterocycles. The lowest BCUT2D eigenvalue weighted by atomic mass is 10.1. The maximum Gasteiger partial charge on any atom is 0.270 e. The van der Waals surface area contributed by atoms with E-state index in [4.69, 9.17) is 4.74 Å². The van der Waals surface area contributed by atoms with Gasteiger partial charge in [0.1, 0.15) is 11.1 Å². The predicted molar refractivity (Wildman–Crippen MR) is 107 cm³/mol. The number of unbranched alkanes of at least 4 members (excludes halogenated alkanes) is 1. The van der Waals surface area contributed by atoms with Crippen molar-refractivity contribution in [2.24, 2.45) is 0 Å². The quantitative estimate of drug-likeness (QED) is 0.553. The Morgan fingerprint density at radius 3 is 2.48 bits per heavy atom. The molecule has 0 radical (unpaired) electrons. The smallest absolute Gasteiger partial charge is 0.270 e. The highest BCUT2D eigenvalue weighted by atomic mass is 32.2. The molecular formula is C20H24N2O4S. The van der Waals surface area contributed by atoms with Gasteiger partial charge in [-0.15, -0.1) is 0 Å². The van der Waals surface area contributed by atoms with E-state index < -0.39 is 4.92 Å². The lowest BCUT2D eigenvalue weighted by Crippen LogP contribution is -2.31. The number of rotatable bonds is 5. The number of carbonyl (C=O) groups excluding carboxylic acids is 1. The molecule has 0 saturated carbocycles. The number of hydrogen-bond acceptors (Lipinski definition) is 5. The molecule has 6 nitrogen and oxygen atoms in total. The van der Waals surface area contributed by atoms with Gasteiger partial charge in [-0.05, 0) is 19.1 Å². The molecule has 2 aromatic rings. The third-order valence-electron chi connectivity index (χ3n) is 3.93. The van der Waals surface area contributed by atoms with Crippen molar-refractivity contribution in [1.29, 1.82) is 0 Å². The van der Waals surface area contributed by atoms with E-state index in [1.165, 1.54) is 36.7 Å². The van der Waals surface area contributed by atoms with E-state index in [1.807, 2.05) is 31.2 Å². The minimum atomic E-state index is -0.505. The Morgan fingerprint density at radius 2 is 1.85 bits per heavy atom. The number of thioether (sulfide) groups is 1. The Labute approximate surface area is 163 Å². The second-order valence-corrected chi connectivity index (χ2v) is 7.03. The first-order valence-electron chi connectivity index (χ1n) is 8.99. The van der Waals surface area contributed by atoms with Gasteiger partial charge in [0.05, 0.1) is 17.1 Å². The molecule has 0 saturated heterocycles. The van der Waals surface area contributed by atoms with Crippen LogP contribution in [0, 0.1) is 10.1 Å². The lowest BCUT2D eigenvalue weighted by Gasteiger charge is -2.26. The van der Waals surface area contributed by atoms with Crippen LogP contribution >= 0.6 is 11.8 Å². The van der Waals surface area contributed by atoms with Gasteiger partial charge in [-0.2, -0.15) is 0 Å². The van der Waals surface area contributed by atoms with Crippen molar-refractivity contribution in [3.63, 3.8) is 0 Å². The first-order chi connectivity index (χ1) is 13.0. The molecule has 0 fully saturated rings. The highest BCUT2D eigenvalue weighted by Crippen LogP contribution is 2.42. The number of ether oxygens (including phenoxy) is 1.